The van der Waals surface area contributed by atoms with Crippen molar-refractivity contribution in [3.63, 3.8) is 0 Å². The predicted molar refractivity (Wildman–Crippen MR) is 65.7 cm³/mol. The maximum absolute atomic E-state index is 5.08. The van der Waals surface area contributed by atoms with E-state index in [9.17, 15) is 0 Å². The lowest BCUT2D eigenvalue weighted by Gasteiger charge is -2.08. The van der Waals surface area contributed by atoms with E-state index in [1.54, 1.807) is 11.8 Å². The Morgan fingerprint density at radius 3 is 2.62 bits per heavy atom. The highest BCUT2D eigenvalue weighted by atomic mass is 32.2. The van der Waals surface area contributed by atoms with E-state index in [0.717, 1.165) is 10.0 Å². The summed E-state index contributed by atoms with van der Waals surface area (Å²) in [5, 5.41) is 3.18. The first kappa shape index (κ1) is 10.5. The molecule has 13 heavy (non-hydrogen) atoms. The van der Waals surface area contributed by atoms with Crippen LogP contribution in [0.2, 0.25) is 0 Å². The molecule has 1 aromatic carbocycles. The van der Waals surface area contributed by atoms with Crippen molar-refractivity contribution in [2.24, 2.45) is 0 Å². The molecule has 0 aliphatic rings. The van der Waals surface area contributed by atoms with E-state index in [1.807, 2.05) is 6.26 Å². The fourth-order valence-electron chi connectivity index (χ4n) is 1.11. The van der Waals surface area contributed by atoms with Crippen LogP contribution >= 0.6 is 24.0 Å². The highest BCUT2D eigenvalue weighted by molar-refractivity contribution is 8.22. The van der Waals surface area contributed by atoms with Crippen molar-refractivity contribution < 1.29 is 0 Å². The molecule has 0 saturated heterocycles. The number of aryl methyl sites for hydroxylation is 2. The molecule has 0 aliphatic heterocycles. The van der Waals surface area contributed by atoms with Crippen LogP contribution in [0, 0.1) is 13.8 Å². The molecule has 1 nitrogen and oxygen atoms in total. The van der Waals surface area contributed by atoms with E-state index in [1.165, 1.54) is 11.1 Å². The van der Waals surface area contributed by atoms with Gasteiger partial charge in [0.15, 0.2) is 0 Å². The molecule has 0 heterocycles. The Kier molecular flexibility index (Phi) is 3.75. The van der Waals surface area contributed by atoms with E-state index >= 15 is 0 Å². The molecular weight excluding hydrogens is 198 g/mol. The minimum absolute atomic E-state index is 0.812. The lowest BCUT2D eigenvalue weighted by atomic mass is 10.1. The van der Waals surface area contributed by atoms with Gasteiger partial charge in [0.25, 0.3) is 0 Å². The van der Waals surface area contributed by atoms with E-state index in [4.69, 9.17) is 12.2 Å². The molecule has 3 heteroatoms. The van der Waals surface area contributed by atoms with Gasteiger partial charge in [-0.25, -0.2) is 0 Å². The Morgan fingerprint density at radius 1 is 1.38 bits per heavy atom. The van der Waals surface area contributed by atoms with Crippen LogP contribution in [0.1, 0.15) is 11.1 Å². The van der Waals surface area contributed by atoms with Crippen LogP contribution in [0.4, 0.5) is 5.69 Å². The van der Waals surface area contributed by atoms with Gasteiger partial charge in [-0.1, -0.05) is 29.9 Å². The van der Waals surface area contributed by atoms with Crippen LogP contribution in [-0.2, 0) is 0 Å². The second-order valence-electron chi connectivity index (χ2n) is 2.93. The second kappa shape index (κ2) is 4.63. The average molecular weight is 211 g/mol. The summed E-state index contributed by atoms with van der Waals surface area (Å²) in [5.41, 5.74) is 3.61. The van der Waals surface area contributed by atoms with Crippen molar-refractivity contribution in [1.82, 2.24) is 0 Å². The highest BCUT2D eigenvalue weighted by Crippen LogP contribution is 2.17. The van der Waals surface area contributed by atoms with Gasteiger partial charge in [0.2, 0.25) is 0 Å². The summed E-state index contributed by atoms with van der Waals surface area (Å²) in [4.78, 5) is 0. The van der Waals surface area contributed by atoms with Crippen molar-refractivity contribution in [2.75, 3.05) is 11.6 Å². The smallest absolute Gasteiger partial charge is 0.137 e. The average Bonchev–Trinajstić information content (AvgIpc) is 2.09. The second-order valence-corrected chi connectivity index (χ2v) is 4.42. The van der Waals surface area contributed by atoms with Crippen molar-refractivity contribution >= 4 is 34.0 Å². The highest BCUT2D eigenvalue weighted by Gasteiger charge is 1.99. The zero-order valence-electron chi connectivity index (χ0n) is 8.05. The normalized spacial score (nSPS) is 9.77. The summed E-state index contributed by atoms with van der Waals surface area (Å²) in [6.07, 6.45) is 1.97. The van der Waals surface area contributed by atoms with Gasteiger partial charge in [0.05, 0.1) is 0 Å². The minimum atomic E-state index is 0.812. The number of thioether (sulfide) groups is 1. The SMILES string of the molecule is CSC(=S)Nc1ccc(C)cc1C. The monoisotopic (exact) mass is 211 g/mol. The molecule has 0 fully saturated rings. The molecule has 70 valence electrons. The molecular formula is C10H13NS2. The predicted octanol–water partition coefficient (Wildman–Crippen LogP) is 3.36. The molecule has 0 saturated carbocycles. The molecule has 0 bridgehead atoms. The van der Waals surface area contributed by atoms with Gasteiger partial charge >= 0.3 is 0 Å². The fourth-order valence-corrected chi connectivity index (χ4v) is 1.44. The van der Waals surface area contributed by atoms with Crippen LogP contribution in [0.15, 0.2) is 18.2 Å². The standard InChI is InChI=1S/C10H13NS2/c1-7-4-5-9(8(2)6-7)11-10(12)13-3/h4-6H,1-3H3,(H,11,12). The Balaban J connectivity index is 2.83. The van der Waals surface area contributed by atoms with Gasteiger partial charge in [0.1, 0.15) is 4.32 Å². The van der Waals surface area contributed by atoms with Gasteiger partial charge in [-0.3, -0.25) is 0 Å². The van der Waals surface area contributed by atoms with Gasteiger partial charge in [-0.15, -0.1) is 11.8 Å². The molecule has 0 radical (unpaired) electrons. The number of hydrogen-bond donors (Lipinski definition) is 1. The van der Waals surface area contributed by atoms with Crippen molar-refractivity contribution in [1.29, 1.82) is 0 Å². The van der Waals surface area contributed by atoms with Crippen molar-refractivity contribution in [2.45, 2.75) is 13.8 Å². The number of thiocarbonyl (C=S) groups is 1. The van der Waals surface area contributed by atoms with Crippen LogP contribution in [-0.4, -0.2) is 10.6 Å². The molecule has 1 rings (SSSR count). The summed E-state index contributed by atoms with van der Waals surface area (Å²) in [6, 6.07) is 6.29. The van der Waals surface area contributed by atoms with Gasteiger partial charge in [0, 0.05) is 5.69 Å². The summed E-state index contributed by atoms with van der Waals surface area (Å²) in [7, 11) is 0. The Hall–Kier alpha value is -0.540. The molecule has 0 spiro atoms. The first-order chi connectivity index (χ1) is 6.13. The third-order valence-electron chi connectivity index (χ3n) is 1.80. The summed E-state index contributed by atoms with van der Waals surface area (Å²) < 4.78 is 0.812. The van der Waals surface area contributed by atoms with Crippen LogP contribution in [0.3, 0.4) is 0 Å². The summed E-state index contributed by atoms with van der Waals surface area (Å²) in [6.45, 7) is 4.17. The van der Waals surface area contributed by atoms with Crippen LogP contribution in [0.25, 0.3) is 0 Å². The Bertz CT molecular complexity index is 321. The van der Waals surface area contributed by atoms with E-state index in [0.29, 0.717) is 0 Å². The maximum Gasteiger partial charge on any atom is 0.137 e. The quantitative estimate of drug-likeness (QED) is 0.715. The van der Waals surface area contributed by atoms with E-state index in [-0.39, 0.29) is 0 Å². The van der Waals surface area contributed by atoms with Crippen LogP contribution in [0.5, 0.6) is 0 Å². The zero-order chi connectivity index (χ0) is 9.84. The molecule has 1 aromatic rings. The number of anilines is 1. The maximum atomic E-state index is 5.08. The van der Waals surface area contributed by atoms with Crippen molar-refractivity contribution in [3.8, 4) is 0 Å². The minimum Gasteiger partial charge on any atom is -0.341 e. The lowest BCUT2D eigenvalue weighted by molar-refractivity contribution is 1.38. The third-order valence-corrected chi connectivity index (χ3v) is 2.88. The number of nitrogens with one attached hydrogen (secondary N) is 1. The summed E-state index contributed by atoms with van der Waals surface area (Å²) >= 11 is 6.63. The van der Waals surface area contributed by atoms with E-state index < -0.39 is 0 Å². The molecule has 0 aliphatic carbocycles. The van der Waals surface area contributed by atoms with Gasteiger partial charge < -0.3 is 5.32 Å². The fraction of sp³-hybridized carbons (Fsp3) is 0.300. The Morgan fingerprint density at radius 2 is 2.08 bits per heavy atom. The molecule has 0 amide bonds. The zero-order valence-corrected chi connectivity index (χ0v) is 9.68. The first-order valence-corrected chi connectivity index (χ1v) is 5.69. The molecule has 0 unspecified atom stereocenters. The number of rotatable bonds is 1. The number of benzene rings is 1. The van der Waals surface area contributed by atoms with Crippen LogP contribution < -0.4 is 5.32 Å². The number of hydrogen-bond acceptors (Lipinski definition) is 2. The Labute approximate surface area is 88.9 Å². The molecule has 1 N–H and O–H groups in total. The van der Waals surface area contributed by atoms with Gasteiger partial charge in [-0.05, 0) is 31.7 Å². The molecule has 0 aromatic heterocycles. The van der Waals surface area contributed by atoms with E-state index in [2.05, 4.69) is 37.4 Å². The summed E-state index contributed by atoms with van der Waals surface area (Å²) in [5.74, 6) is 0. The molecule has 0 atom stereocenters. The first-order valence-electron chi connectivity index (χ1n) is 4.05. The largest absolute Gasteiger partial charge is 0.341 e. The third kappa shape index (κ3) is 3.01. The topological polar surface area (TPSA) is 12.0 Å². The lowest BCUT2D eigenvalue weighted by Crippen LogP contribution is -2.04. The van der Waals surface area contributed by atoms with Gasteiger partial charge in [-0.2, -0.15) is 0 Å². The van der Waals surface area contributed by atoms with Crippen molar-refractivity contribution in [3.05, 3.63) is 29.3 Å².